The number of thioether (sulfide) groups is 1. The van der Waals surface area contributed by atoms with Crippen molar-refractivity contribution in [1.82, 2.24) is 4.98 Å². The first-order valence-corrected chi connectivity index (χ1v) is 8.26. The van der Waals surface area contributed by atoms with Gasteiger partial charge in [-0.2, -0.15) is 11.8 Å². The van der Waals surface area contributed by atoms with Crippen molar-refractivity contribution in [2.75, 3.05) is 11.9 Å². The van der Waals surface area contributed by atoms with Crippen molar-refractivity contribution in [3.8, 4) is 0 Å². The van der Waals surface area contributed by atoms with Crippen molar-refractivity contribution in [2.45, 2.75) is 31.8 Å². The number of rotatable bonds is 7. The highest BCUT2D eigenvalue weighted by Gasteiger charge is 1.99. The second kappa shape index (κ2) is 7.95. The molecule has 0 saturated heterocycles. The van der Waals surface area contributed by atoms with E-state index in [-0.39, 0.29) is 0 Å². The molecule has 20 heavy (non-hydrogen) atoms. The van der Waals surface area contributed by atoms with Gasteiger partial charge in [0.2, 0.25) is 0 Å². The molecule has 0 aliphatic carbocycles. The third-order valence-corrected chi connectivity index (χ3v) is 4.22. The van der Waals surface area contributed by atoms with Gasteiger partial charge in [0, 0.05) is 24.2 Å². The lowest BCUT2D eigenvalue weighted by molar-refractivity contribution is 0.968. The van der Waals surface area contributed by atoms with Crippen LogP contribution in [0.3, 0.4) is 0 Å². The summed E-state index contributed by atoms with van der Waals surface area (Å²) in [5, 5.41) is 3.29. The largest absolute Gasteiger partial charge is 0.370 e. The van der Waals surface area contributed by atoms with Gasteiger partial charge in [-0.1, -0.05) is 37.3 Å². The summed E-state index contributed by atoms with van der Waals surface area (Å²) in [7, 11) is 0. The molecule has 0 fully saturated rings. The number of nitrogens with one attached hydrogen (secondary N) is 1. The Bertz CT molecular complexity index is 523. The summed E-state index contributed by atoms with van der Waals surface area (Å²) in [5.41, 5.74) is 4.08. The smallest absolute Gasteiger partial charge is 0.125 e. The minimum atomic E-state index is 0.972. The van der Waals surface area contributed by atoms with E-state index in [1.165, 1.54) is 16.7 Å². The molecule has 0 aliphatic rings. The van der Waals surface area contributed by atoms with Crippen molar-refractivity contribution in [1.29, 1.82) is 0 Å². The third-order valence-electron chi connectivity index (χ3n) is 3.17. The van der Waals surface area contributed by atoms with Crippen molar-refractivity contribution >= 4 is 17.6 Å². The molecule has 3 heteroatoms. The van der Waals surface area contributed by atoms with Gasteiger partial charge in [0.25, 0.3) is 0 Å². The van der Waals surface area contributed by atoms with E-state index in [9.17, 15) is 0 Å². The van der Waals surface area contributed by atoms with Gasteiger partial charge in [0.1, 0.15) is 5.82 Å². The predicted molar refractivity (Wildman–Crippen MR) is 89.2 cm³/mol. The van der Waals surface area contributed by atoms with E-state index >= 15 is 0 Å². The highest BCUT2D eigenvalue weighted by molar-refractivity contribution is 7.97. The molecule has 2 aromatic rings. The molecule has 0 saturated carbocycles. The molecule has 106 valence electrons. The van der Waals surface area contributed by atoms with Crippen LogP contribution in [0.25, 0.3) is 0 Å². The molecular formula is C17H22N2S. The van der Waals surface area contributed by atoms with Crippen molar-refractivity contribution in [3.63, 3.8) is 0 Å². The lowest BCUT2D eigenvalue weighted by Crippen LogP contribution is -2.01. The molecule has 1 N–H and O–H groups in total. The van der Waals surface area contributed by atoms with E-state index in [4.69, 9.17) is 0 Å². The lowest BCUT2D eigenvalue weighted by Gasteiger charge is -2.07. The van der Waals surface area contributed by atoms with Crippen LogP contribution in [-0.4, -0.2) is 11.5 Å². The highest BCUT2D eigenvalue weighted by Crippen LogP contribution is 2.20. The van der Waals surface area contributed by atoms with Gasteiger partial charge in [-0.05, 0) is 36.1 Å². The second-order valence-electron chi connectivity index (χ2n) is 4.90. The van der Waals surface area contributed by atoms with Gasteiger partial charge >= 0.3 is 0 Å². The molecule has 0 unspecified atom stereocenters. The fraction of sp³-hybridized carbons (Fsp3) is 0.353. The summed E-state index contributed by atoms with van der Waals surface area (Å²) in [6.07, 6.45) is 3.10. The maximum Gasteiger partial charge on any atom is 0.125 e. The van der Waals surface area contributed by atoms with Gasteiger partial charge in [0.05, 0.1) is 0 Å². The normalized spacial score (nSPS) is 10.5. The Labute approximate surface area is 126 Å². The fourth-order valence-electron chi connectivity index (χ4n) is 1.92. The number of hydrogen-bond donors (Lipinski definition) is 1. The first-order valence-electron chi connectivity index (χ1n) is 7.10. The number of aromatic nitrogens is 1. The first kappa shape index (κ1) is 14.9. The second-order valence-corrected chi connectivity index (χ2v) is 5.88. The van der Waals surface area contributed by atoms with E-state index < -0.39 is 0 Å². The fourth-order valence-corrected chi connectivity index (χ4v) is 2.97. The molecule has 0 spiro atoms. The standard InChI is InChI=1S/C17H22N2S/c1-3-10-18-17-9-8-15(11-19-17)12-20-13-16-7-5-4-6-14(16)2/h4-9,11H,3,10,12-13H2,1-2H3,(H,18,19). The quantitative estimate of drug-likeness (QED) is 0.802. The Morgan fingerprint density at radius 3 is 2.65 bits per heavy atom. The van der Waals surface area contributed by atoms with E-state index in [2.05, 4.69) is 60.5 Å². The van der Waals surface area contributed by atoms with E-state index in [0.29, 0.717) is 0 Å². The monoisotopic (exact) mass is 286 g/mol. The van der Waals surface area contributed by atoms with Crippen LogP contribution >= 0.6 is 11.8 Å². The van der Waals surface area contributed by atoms with Crippen molar-refractivity contribution < 1.29 is 0 Å². The topological polar surface area (TPSA) is 24.9 Å². The maximum atomic E-state index is 4.43. The lowest BCUT2D eigenvalue weighted by atomic mass is 10.1. The molecule has 0 atom stereocenters. The average molecular weight is 286 g/mol. The summed E-state index contributed by atoms with van der Waals surface area (Å²) in [4.78, 5) is 4.43. The van der Waals surface area contributed by atoms with Crippen LogP contribution in [-0.2, 0) is 11.5 Å². The average Bonchev–Trinajstić information content (AvgIpc) is 2.48. The van der Waals surface area contributed by atoms with Gasteiger partial charge < -0.3 is 5.32 Å². The van der Waals surface area contributed by atoms with Crippen LogP contribution in [0.1, 0.15) is 30.0 Å². The molecular weight excluding hydrogens is 264 g/mol. The number of pyridine rings is 1. The zero-order valence-corrected chi connectivity index (χ0v) is 13.0. The molecule has 2 rings (SSSR count). The Morgan fingerprint density at radius 1 is 1.10 bits per heavy atom. The highest BCUT2D eigenvalue weighted by atomic mass is 32.2. The van der Waals surface area contributed by atoms with Gasteiger partial charge in [-0.25, -0.2) is 4.98 Å². The third kappa shape index (κ3) is 4.57. The first-order chi connectivity index (χ1) is 9.79. The summed E-state index contributed by atoms with van der Waals surface area (Å²) in [6, 6.07) is 12.8. The van der Waals surface area contributed by atoms with Crippen LogP contribution < -0.4 is 5.32 Å². The minimum absolute atomic E-state index is 0.972. The van der Waals surface area contributed by atoms with Crippen LogP contribution in [0.5, 0.6) is 0 Å². The van der Waals surface area contributed by atoms with E-state index in [1.54, 1.807) is 0 Å². The summed E-state index contributed by atoms with van der Waals surface area (Å²) in [6.45, 7) is 5.31. The van der Waals surface area contributed by atoms with Crippen LogP contribution in [0.15, 0.2) is 42.6 Å². The molecule has 1 heterocycles. The number of aryl methyl sites for hydroxylation is 1. The van der Waals surface area contributed by atoms with Crippen LogP contribution in [0.2, 0.25) is 0 Å². The summed E-state index contributed by atoms with van der Waals surface area (Å²) < 4.78 is 0. The molecule has 0 aliphatic heterocycles. The predicted octanol–water partition coefficient (Wildman–Crippen LogP) is 4.65. The van der Waals surface area contributed by atoms with Gasteiger partial charge in [0.15, 0.2) is 0 Å². The minimum Gasteiger partial charge on any atom is -0.370 e. The van der Waals surface area contributed by atoms with Crippen molar-refractivity contribution in [2.24, 2.45) is 0 Å². The molecule has 2 nitrogen and oxygen atoms in total. The molecule has 0 radical (unpaired) electrons. The van der Waals surface area contributed by atoms with E-state index in [1.807, 2.05) is 18.0 Å². The maximum absolute atomic E-state index is 4.43. The molecule has 1 aromatic heterocycles. The Morgan fingerprint density at radius 2 is 1.95 bits per heavy atom. The summed E-state index contributed by atoms with van der Waals surface area (Å²) in [5.74, 6) is 3.04. The molecule has 0 amide bonds. The van der Waals surface area contributed by atoms with Gasteiger partial charge in [-0.3, -0.25) is 0 Å². The van der Waals surface area contributed by atoms with Crippen LogP contribution in [0, 0.1) is 6.92 Å². The number of hydrogen-bond acceptors (Lipinski definition) is 3. The van der Waals surface area contributed by atoms with Crippen LogP contribution in [0.4, 0.5) is 5.82 Å². The number of benzene rings is 1. The van der Waals surface area contributed by atoms with Crippen molar-refractivity contribution in [3.05, 3.63) is 59.3 Å². The zero-order chi connectivity index (χ0) is 14.2. The molecule has 1 aromatic carbocycles. The SMILES string of the molecule is CCCNc1ccc(CSCc2ccccc2C)cn1. The Hall–Kier alpha value is -1.48. The molecule has 0 bridgehead atoms. The van der Waals surface area contributed by atoms with Gasteiger partial charge in [-0.15, -0.1) is 0 Å². The zero-order valence-electron chi connectivity index (χ0n) is 12.2. The van der Waals surface area contributed by atoms with E-state index in [0.717, 1.165) is 30.3 Å². The summed E-state index contributed by atoms with van der Waals surface area (Å²) >= 11 is 1.94. The Kier molecular flexibility index (Phi) is 5.93. The number of nitrogens with zero attached hydrogens (tertiary/aromatic N) is 1. The Balaban J connectivity index is 1.81. The number of anilines is 1.